The summed E-state index contributed by atoms with van der Waals surface area (Å²) in [5, 5.41) is 14.6. The van der Waals surface area contributed by atoms with Gasteiger partial charge in [-0.2, -0.15) is 0 Å². The molecule has 0 unspecified atom stereocenters. The molecule has 0 aliphatic heterocycles. The van der Waals surface area contributed by atoms with Gasteiger partial charge in [0.2, 0.25) is 0 Å². The summed E-state index contributed by atoms with van der Waals surface area (Å²) in [6.45, 7) is 4.50. The predicted octanol–water partition coefficient (Wildman–Crippen LogP) is 2.78. The molecule has 1 aliphatic rings. The summed E-state index contributed by atoms with van der Waals surface area (Å²) >= 11 is 0. The number of benzene rings is 1. The fourth-order valence-electron chi connectivity index (χ4n) is 2.90. The van der Waals surface area contributed by atoms with Gasteiger partial charge in [0.15, 0.2) is 0 Å². The van der Waals surface area contributed by atoms with Crippen molar-refractivity contribution in [2.24, 2.45) is 5.41 Å². The summed E-state index contributed by atoms with van der Waals surface area (Å²) in [6.07, 6.45) is 4.47. The molecule has 0 atom stereocenters. The molecule has 6 nitrogen and oxygen atoms in total. The molecule has 0 spiro atoms. The van der Waals surface area contributed by atoms with E-state index in [1.807, 2.05) is 6.92 Å². The van der Waals surface area contributed by atoms with Crippen LogP contribution in [0.15, 0.2) is 24.3 Å². The molecule has 1 saturated carbocycles. The average molecular weight is 334 g/mol. The van der Waals surface area contributed by atoms with Crippen molar-refractivity contribution in [1.82, 2.24) is 10.6 Å². The molecule has 0 radical (unpaired) electrons. The second-order valence-corrected chi connectivity index (χ2v) is 6.34. The van der Waals surface area contributed by atoms with Crippen molar-refractivity contribution in [3.63, 3.8) is 0 Å². The molecule has 0 heterocycles. The Hall–Kier alpha value is -2.08. The van der Waals surface area contributed by atoms with Gasteiger partial charge in [0.25, 0.3) is 0 Å². The molecule has 6 heteroatoms. The second-order valence-electron chi connectivity index (χ2n) is 6.34. The number of aromatic carboxylic acids is 1. The van der Waals surface area contributed by atoms with E-state index in [0.717, 1.165) is 38.0 Å². The zero-order valence-electron chi connectivity index (χ0n) is 14.1. The number of nitrogens with one attached hydrogen (secondary N) is 2. The Bertz CT molecular complexity index is 553. The number of rotatable bonds is 9. The third-order valence-corrected chi connectivity index (χ3v) is 4.67. The first kappa shape index (κ1) is 18.3. The van der Waals surface area contributed by atoms with Crippen LogP contribution in [0.4, 0.5) is 4.79 Å². The number of hydrogen-bond acceptors (Lipinski definition) is 3. The molecule has 1 aromatic rings. The monoisotopic (exact) mass is 334 g/mol. The average Bonchev–Trinajstić information content (AvgIpc) is 2.55. The van der Waals surface area contributed by atoms with Crippen LogP contribution in [0.25, 0.3) is 0 Å². The van der Waals surface area contributed by atoms with E-state index in [9.17, 15) is 9.59 Å². The highest BCUT2D eigenvalue weighted by Gasteiger charge is 2.36. The lowest BCUT2D eigenvalue weighted by Gasteiger charge is -2.42. The van der Waals surface area contributed by atoms with Gasteiger partial charge in [-0.3, -0.25) is 0 Å². The zero-order valence-corrected chi connectivity index (χ0v) is 14.1. The van der Waals surface area contributed by atoms with Gasteiger partial charge in [-0.15, -0.1) is 0 Å². The van der Waals surface area contributed by atoms with E-state index < -0.39 is 5.97 Å². The summed E-state index contributed by atoms with van der Waals surface area (Å²) in [7, 11) is 0. The highest BCUT2D eigenvalue weighted by atomic mass is 16.5. The number of carboxylic acids is 1. The predicted molar refractivity (Wildman–Crippen MR) is 91.0 cm³/mol. The Morgan fingerprint density at radius 1 is 1.21 bits per heavy atom. The van der Waals surface area contributed by atoms with Crippen LogP contribution < -0.4 is 10.6 Å². The number of carbonyl (C=O) groups excluding carboxylic acids is 1. The summed E-state index contributed by atoms with van der Waals surface area (Å²) in [5.74, 6) is -0.954. The van der Waals surface area contributed by atoms with Gasteiger partial charge >= 0.3 is 12.0 Å². The van der Waals surface area contributed by atoms with E-state index >= 15 is 0 Å². The van der Waals surface area contributed by atoms with Crippen molar-refractivity contribution in [3.8, 4) is 0 Å². The van der Waals surface area contributed by atoms with Crippen molar-refractivity contribution < 1.29 is 19.4 Å². The first-order chi connectivity index (χ1) is 11.5. The van der Waals surface area contributed by atoms with Gasteiger partial charge in [-0.1, -0.05) is 18.6 Å². The third-order valence-electron chi connectivity index (χ3n) is 4.67. The Balaban J connectivity index is 1.71. The van der Waals surface area contributed by atoms with Crippen molar-refractivity contribution >= 4 is 12.0 Å². The van der Waals surface area contributed by atoms with Crippen LogP contribution in [0.1, 0.15) is 48.5 Å². The van der Waals surface area contributed by atoms with E-state index in [2.05, 4.69) is 10.6 Å². The van der Waals surface area contributed by atoms with Gasteiger partial charge in [0.05, 0.1) is 5.56 Å². The van der Waals surface area contributed by atoms with Gasteiger partial charge in [-0.25, -0.2) is 9.59 Å². The molecule has 0 saturated heterocycles. The van der Waals surface area contributed by atoms with Gasteiger partial charge < -0.3 is 20.5 Å². The largest absolute Gasteiger partial charge is 0.478 e. The fourth-order valence-corrected chi connectivity index (χ4v) is 2.90. The molecule has 1 aliphatic carbocycles. The van der Waals surface area contributed by atoms with Crippen molar-refractivity contribution in [1.29, 1.82) is 0 Å². The lowest BCUT2D eigenvalue weighted by Crippen LogP contribution is -2.46. The summed E-state index contributed by atoms with van der Waals surface area (Å²) in [4.78, 5) is 22.8. The van der Waals surface area contributed by atoms with Crippen molar-refractivity contribution in [2.75, 3.05) is 19.8 Å². The molecule has 3 N–H and O–H groups in total. The van der Waals surface area contributed by atoms with E-state index in [1.165, 1.54) is 18.6 Å². The molecule has 1 fully saturated rings. The van der Waals surface area contributed by atoms with Crippen LogP contribution in [0.5, 0.6) is 0 Å². The number of carboxylic acid groups (broad SMARTS) is 1. The van der Waals surface area contributed by atoms with E-state index in [1.54, 1.807) is 12.1 Å². The maximum absolute atomic E-state index is 12.0. The van der Waals surface area contributed by atoms with Crippen molar-refractivity contribution in [3.05, 3.63) is 35.4 Å². The standard InChI is InChI=1S/C18H26N2O4/c1-2-24-11-10-18(8-3-9-18)13-20-17(23)19-12-14-4-6-15(7-5-14)16(21)22/h4-7H,2-3,8-13H2,1H3,(H,21,22)(H2,19,20,23). The topological polar surface area (TPSA) is 87.7 Å². The van der Waals surface area contributed by atoms with Gasteiger partial charge in [0.1, 0.15) is 0 Å². The maximum atomic E-state index is 12.0. The minimum atomic E-state index is -0.954. The maximum Gasteiger partial charge on any atom is 0.335 e. The normalized spacial score (nSPS) is 15.4. The van der Waals surface area contributed by atoms with Crippen LogP contribution in [0, 0.1) is 5.41 Å². The molecule has 24 heavy (non-hydrogen) atoms. The Morgan fingerprint density at radius 2 is 1.92 bits per heavy atom. The third kappa shape index (κ3) is 5.23. The molecular weight excluding hydrogens is 308 g/mol. The highest BCUT2D eigenvalue weighted by molar-refractivity contribution is 5.87. The molecule has 0 bridgehead atoms. The van der Waals surface area contributed by atoms with Crippen LogP contribution in [0.3, 0.4) is 0 Å². The van der Waals surface area contributed by atoms with Crippen LogP contribution in [0.2, 0.25) is 0 Å². The number of amides is 2. The minimum absolute atomic E-state index is 0.190. The first-order valence-corrected chi connectivity index (χ1v) is 8.46. The first-order valence-electron chi connectivity index (χ1n) is 8.46. The van der Waals surface area contributed by atoms with Crippen LogP contribution >= 0.6 is 0 Å². The molecule has 2 amide bonds. The molecule has 0 aromatic heterocycles. The number of ether oxygens (including phenoxy) is 1. The summed E-state index contributed by atoms with van der Waals surface area (Å²) < 4.78 is 5.43. The SMILES string of the molecule is CCOCCC1(CNC(=O)NCc2ccc(C(=O)O)cc2)CCC1. The van der Waals surface area contributed by atoms with Crippen molar-refractivity contribution in [2.45, 2.75) is 39.2 Å². The smallest absolute Gasteiger partial charge is 0.335 e. The molecule has 2 rings (SSSR count). The molecule has 1 aromatic carbocycles. The number of urea groups is 1. The Labute approximate surface area is 142 Å². The van der Waals surface area contributed by atoms with E-state index in [0.29, 0.717) is 13.1 Å². The quantitative estimate of drug-likeness (QED) is 0.606. The second kappa shape index (κ2) is 8.68. The van der Waals surface area contributed by atoms with E-state index in [4.69, 9.17) is 9.84 Å². The van der Waals surface area contributed by atoms with Crippen LogP contribution in [-0.4, -0.2) is 36.9 Å². The zero-order chi connectivity index (χ0) is 17.4. The Kier molecular flexibility index (Phi) is 6.61. The van der Waals surface area contributed by atoms with Gasteiger partial charge in [0, 0.05) is 26.3 Å². The summed E-state index contributed by atoms with van der Waals surface area (Å²) in [5.41, 5.74) is 1.30. The van der Waals surface area contributed by atoms with E-state index in [-0.39, 0.29) is 17.0 Å². The minimum Gasteiger partial charge on any atom is -0.478 e. The summed E-state index contributed by atoms with van der Waals surface area (Å²) in [6, 6.07) is 6.29. The number of carbonyl (C=O) groups is 2. The lowest BCUT2D eigenvalue weighted by molar-refractivity contribution is 0.0557. The van der Waals surface area contributed by atoms with Crippen LogP contribution in [-0.2, 0) is 11.3 Å². The Morgan fingerprint density at radius 3 is 2.46 bits per heavy atom. The van der Waals surface area contributed by atoms with Gasteiger partial charge in [-0.05, 0) is 49.3 Å². The molecular formula is C18H26N2O4. The molecule has 132 valence electrons. The fraction of sp³-hybridized carbons (Fsp3) is 0.556. The number of hydrogen-bond donors (Lipinski definition) is 3. The highest BCUT2D eigenvalue weighted by Crippen LogP contribution is 2.43. The lowest BCUT2D eigenvalue weighted by atomic mass is 9.67.